The van der Waals surface area contributed by atoms with E-state index in [2.05, 4.69) is 10.2 Å². The number of H-pyrrole nitrogens is 1. The van der Waals surface area contributed by atoms with Gasteiger partial charge in [-0.15, -0.1) is 0 Å². The third kappa shape index (κ3) is 1.79. The van der Waals surface area contributed by atoms with Gasteiger partial charge < -0.3 is 15.6 Å². The second-order valence-corrected chi connectivity index (χ2v) is 3.29. The number of aromatic amines is 1. The molecule has 16 heavy (non-hydrogen) atoms. The van der Waals surface area contributed by atoms with E-state index in [1.807, 2.05) is 6.92 Å². The summed E-state index contributed by atoms with van der Waals surface area (Å²) in [4.78, 5) is 0. The van der Waals surface area contributed by atoms with Gasteiger partial charge in [0.25, 0.3) is 0 Å². The first-order valence-corrected chi connectivity index (χ1v) is 4.98. The number of hydrogen-bond acceptors (Lipinski definition) is 4. The van der Waals surface area contributed by atoms with E-state index in [1.54, 1.807) is 24.3 Å². The fourth-order valence-corrected chi connectivity index (χ4v) is 1.49. The quantitative estimate of drug-likeness (QED) is 0.734. The number of benzene rings is 1. The second kappa shape index (κ2) is 4.14. The number of para-hydroxylation sites is 1. The minimum atomic E-state index is 0.0907. The fraction of sp³-hybridized carbons (Fsp3) is 0.182. The molecule has 0 atom stereocenters. The molecule has 2 aromatic rings. The van der Waals surface area contributed by atoms with Crippen LogP contribution in [0.15, 0.2) is 24.3 Å². The zero-order valence-electron chi connectivity index (χ0n) is 8.90. The van der Waals surface area contributed by atoms with Crippen LogP contribution in [0.1, 0.15) is 6.92 Å². The van der Waals surface area contributed by atoms with Crippen LogP contribution in [0, 0.1) is 0 Å². The number of aromatic hydroxyl groups is 1. The van der Waals surface area contributed by atoms with Crippen LogP contribution in [0.2, 0.25) is 0 Å². The normalized spacial score (nSPS) is 10.3. The molecule has 4 N–H and O–H groups in total. The highest BCUT2D eigenvalue weighted by atomic mass is 16.5. The van der Waals surface area contributed by atoms with Crippen LogP contribution < -0.4 is 10.5 Å². The van der Waals surface area contributed by atoms with Crippen LogP contribution in [0.3, 0.4) is 0 Å². The summed E-state index contributed by atoms with van der Waals surface area (Å²) in [6.07, 6.45) is 0. The number of phenols is 1. The SMILES string of the molecule is CCOc1cccc(-c2cc(N)n[nH]2)c1O. The molecule has 0 saturated heterocycles. The van der Waals surface area contributed by atoms with Crippen molar-refractivity contribution >= 4 is 5.82 Å². The number of aromatic nitrogens is 2. The molecule has 5 nitrogen and oxygen atoms in total. The van der Waals surface area contributed by atoms with Crippen LogP contribution >= 0.6 is 0 Å². The van der Waals surface area contributed by atoms with Crippen molar-refractivity contribution in [1.82, 2.24) is 10.2 Å². The average Bonchev–Trinajstić information content (AvgIpc) is 2.68. The Labute approximate surface area is 92.9 Å². The molecule has 0 aliphatic carbocycles. The molecule has 1 heterocycles. The van der Waals surface area contributed by atoms with Crippen molar-refractivity contribution in [2.75, 3.05) is 12.3 Å². The highest BCUT2D eigenvalue weighted by Gasteiger charge is 2.11. The molecule has 0 fully saturated rings. The lowest BCUT2D eigenvalue weighted by atomic mass is 10.1. The first kappa shape index (κ1) is 10.4. The van der Waals surface area contributed by atoms with Crippen molar-refractivity contribution in [3.8, 4) is 22.8 Å². The van der Waals surface area contributed by atoms with Crippen molar-refractivity contribution < 1.29 is 9.84 Å². The topological polar surface area (TPSA) is 84.2 Å². The number of phenolic OH excluding ortho intramolecular Hbond substituents is 1. The highest BCUT2D eigenvalue weighted by Crippen LogP contribution is 2.36. The maximum Gasteiger partial charge on any atom is 0.167 e. The predicted octanol–water partition coefficient (Wildman–Crippen LogP) is 1.76. The zero-order valence-corrected chi connectivity index (χ0v) is 8.90. The van der Waals surface area contributed by atoms with Crippen LogP contribution in [0.4, 0.5) is 5.82 Å². The van der Waals surface area contributed by atoms with E-state index in [0.29, 0.717) is 29.4 Å². The summed E-state index contributed by atoms with van der Waals surface area (Å²) >= 11 is 0. The molecule has 0 spiro atoms. The van der Waals surface area contributed by atoms with E-state index >= 15 is 0 Å². The van der Waals surface area contributed by atoms with E-state index < -0.39 is 0 Å². The summed E-state index contributed by atoms with van der Waals surface area (Å²) in [5.41, 5.74) is 6.79. The third-order valence-electron chi connectivity index (χ3n) is 2.19. The molecule has 0 saturated carbocycles. The van der Waals surface area contributed by atoms with Crippen LogP contribution in [0.25, 0.3) is 11.3 Å². The maximum atomic E-state index is 9.97. The lowest BCUT2D eigenvalue weighted by Gasteiger charge is -2.08. The van der Waals surface area contributed by atoms with Crippen LogP contribution in [0.5, 0.6) is 11.5 Å². The fourth-order valence-electron chi connectivity index (χ4n) is 1.49. The smallest absolute Gasteiger partial charge is 0.167 e. The van der Waals surface area contributed by atoms with Gasteiger partial charge in [0.2, 0.25) is 0 Å². The number of anilines is 1. The molecule has 1 aromatic carbocycles. The number of rotatable bonds is 3. The maximum absolute atomic E-state index is 9.97. The van der Waals surface area contributed by atoms with Crippen molar-refractivity contribution in [2.45, 2.75) is 6.92 Å². The summed E-state index contributed by atoms with van der Waals surface area (Å²) in [7, 11) is 0. The number of nitrogens with two attached hydrogens (primary N) is 1. The molecule has 0 aliphatic heterocycles. The molecule has 0 bridgehead atoms. The number of nitrogens with zero attached hydrogens (tertiary/aromatic N) is 1. The largest absolute Gasteiger partial charge is 0.504 e. The Morgan fingerprint density at radius 2 is 2.31 bits per heavy atom. The van der Waals surface area contributed by atoms with Crippen molar-refractivity contribution in [3.05, 3.63) is 24.3 Å². The number of nitrogens with one attached hydrogen (secondary N) is 1. The Morgan fingerprint density at radius 3 is 2.94 bits per heavy atom. The van der Waals surface area contributed by atoms with Gasteiger partial charge in [0, 0.05) is 11.6 Å². The summed E-state index contributed by atoms with van der Waals surface area (Å²) in [6, 6.07) is 6.94. The van der Waals surface area contributed by atoms with Gasteiger partial charge >= 0.3 is 0 Å². The predicted molar refractivity (Wildman–Crippen MR) is 61.3 cm³/mol. The van der Waals surface area contributed by atoms with Gasteiger partial charge in [-0.25, -0.2) is 0 Å². The summed E-state index contributed by atoms with van der Waals surface area (Å²) < 4.78 is 5.29. The first-order valence-electron chi connectivity index (χ1n) is 4.98. The Balaban J connectivity index is 2.45. The lowest BCUT2D eigenvalue weighted by Crippen LogP contribution is -1.92. The number of hydrogen-bond donors (Lipinski definition) is 3. The van der Waals surface area contributed by atoms with E-state index in [-0.39, 0.29) is 5.75 Å². The molecule has 0 amide bonds. The monoisotopic (exact) mass is 219 g/mol. The molecule has 0 radical (unpaired) electrons. The van der Waals surface area contributed by atoms with Gasteiger partial charge in [-0.3, -0.25) is 5.10 Å². The summed E-state index contributed by atoms with van der Waals surface area (Å²) in [5.74, 6) is 0.928. The van der Waals surface area contributed by atoms with Gasteiger partial charge in [0.15, 0.2) is 11.5 Å². The van der Waals surface area contributed by atoms with Crippen molar-refractivity contribution in [2.24, 2.45) is 0 Å². The molecule has 1 aromatic heterocycles. The van der Waals surface area contributed by atoms with Crippen molar-refractivity contribution in [1.29, 1.82) is 0 Å². The third-order valence-corrected chi connectivity index (χ3v) is 2.19. The highest BCUT2D eigenvalue weighted by molar-refractivity contribution is 5.71. The minimum absolute atomic E-state index is 0.0907. The lowest BCUT2D eigenvalue weighted by molar-refractivity contribution is 0.318. The average molecular weight is 219 g/mol. The molecule has 0 aliphatic rings. The molecular formula is C11H13N3O2. The van der Waals surface area contributed by atoms with Crippen LogP contribution in [-0.2, 0) is 0 Å². The van der Waals surface area contributed by atoms with Crippen LogP contribution in [-0.4, -0.2) is 21.9 Å². The van der Waals surface area contributed by atoms with Gasteiger partial charge in [-0.1, -0.05) is 6.07 Å². The summed E-state index contributed by atoms with van der Waals surface area (Å²) in [6.45, 7) is 2.36. The Hall–Kier alpha value is -2.17. The van der Waals surface area contributed by atoms with E-state index in [4.69, 9.17) is 10.5 Å². The van der Waals surface area contributed by atoms with E-state index in [1.165, 1.54) is 0 Å². The molecule has 0 unspecified atom stereocenters. The minimum Gasteiger partial charge on any atom is -0.504 e. The Kier molecular flexibility index (Phi) is 2.68. The zero-order chi connectivity index (χ0) is 11.5. The molecule has 84 valence electrons. The van der Waals surface area contributed by atoms with Gasteiger partial charge in [-0.2, -0.15) is 5.10 Å². The Bertz CT molecular complexity index is 494. The standard InChI is InChI=1S/C11H13N3O2/c1-2-16-9-5-3-4-7(11(9)15)8-6-10(12)14-13-8/h3-6,15H,2H2,1H3,(H3,12,13,14). The number of ether oxygens (including phenoxy) is 1. The Morgan fingerprint density at radius 1 is 1.50 bits per heavy atom. The number of nitrogen functional groups attached to an aromatic ring is 1. The first-order chi connectivity index (χ1) is 7.72. The van der Waals surface area contributed by atoms with Gasteiger partial charge in [0.05, 0.1) is 12.3 Å². The van der Waals surface area contributed by atoms with Gasteiger partial charge in [0.1, 0.15) is 5.82 Å². The second-order valence-electron chi connectivity index (χ2n) is 3.29. The molecular weight excluding hydrogens is 206 g/mol. The van der Waals surface area contributed by atoms with E-state index in [9.17, 15) is 5.11 Å². The van der Waals surface area contributed by atoms with Crippen molar-refractivity contribution in [3.63, 3.8) is 0 Å². The molecule has 5 heteroatoms. The molecule has 2 rings (SSSR count). The van der Waals surface area contributed by atoms with Gasteiger partial charge in [-0.05, 0) is 19.1 Å². The van der Waals surface area contributed by atoms with E-state index in [0.717, 1.165) is 0 Å². The summed E-state index contributed by atoms with van der Waals surface area (Å²) in [5, 5.41) is 16.5.